The average molecular weight is 306 g/mol. The summed E-state index contributed by atoms with van der Waals surface area (Å²) in [5.41, 5.74) is 1.47. The first-order valence-corrected chi connectivity index (χ1v) is 7.51. The Morgan fingerprint density at radius 3 is 2.52 bits per heavy atom. The van der Waals surface area contributed by atoms with Crippen molar-refractivity contribution in [1.29, 1.82) is 0 Å². The van der Waals surface area contributed by atoms with Crippen LogP contribution in [0.15, 0.2) is 41.3 Å². The summed E-state index contributed by atoms with van der Waals surface area (Å²) in [6.45, 7) is 5.88. The number of nitrogens with zero attached hydrogens (tertiary/aromatic N) is 2. The molecule has 1 unspecified atom stereocenters. The second-order valence-corrected chi connectivity index (χ2v) is 5.61. The van der Waals surface area contributed by atoms with Crippen molar-refractivity contribution < 1.29 is 0 Å². The lowest BCUT2D eigenvalue weighted by atomic mass is 10.0. The second kappa shape index (κ2) is 6.76. The highest BCUT2D eigenvalue weighted by molar-refractivity contribution is 6.32. The molecule has 0 bridgehead atoms. The molecule has 1 atom stereocenters. The number of halogens is 1. The predicted octanol–water partition coefficient (Wildman–Crippen LogP) is 4.04. The van der Waals surface area contributed by atoms with Crippen molar-refractivity contribution in [1.82, 2.24) is 9.78 Å². The van der Waals surface area contributed by atoms with Crippen molar-refractivity contribution in [2.75, 3.05) is 5.32 Å². The number of benzene rings is 1. The van der Waals surface area contributed by atoms with Crippen molar-refractivity contribution >= 4 is 17.3 Å². The minimum absolute atomic E-state index is 0.0138. The molecule has 0 aliphatic heterocycles. The molecule has 1 N–H and O–H groups in total. The first kappa shape index (κ1) is 15.6. The Bertz CT molecular complexity index is 652. The van der Waals surface area contributed by atoms with E-state index < -0.39 is 0 Å². The Morgan fingerprint density at radius 1 is 1.29 bits per heavy atom. The third kappa shape index (κ3) is 3.45. The van der Waals surface area contributed by atoms with Crippen molar-refractivity contribution in [3.05, 3.63) is 57.5 Å². The van der Waals surface area contributed by atoms with Gasteiger partial charge in [0, 0.05) is 0 Å². The molecule has 0 aliphatic carbocycles. The van der Waals surface area contributed by atoms with E-state index in [1.54, 1.807) is 6.20 Å². The van der Waals surface area contributed by atoms with E-state index in [1.165, 1.54) is 4.68 Å². The fourth-order valence-corrected chi connectivity index (χ4v) is 2.40. The van der Waals surface area contributed by atoms with E-state index >= 15 is 0 Å². The Morgan fingerprint density at radius 2 is 1.95 bits per heavy atom. The summed E-state index contributed by atoms with van der Waals surface area (Å²) >= 11 is 6.20. The van der Waals surface area contributed by atoms with Crippen LogP contribution in [-0.2, 0) is 0 Å². The highest BCUT2D eigenvalue weighted by Crippen LogP contribution is 2.25. The van der Waals surface area contributed by atoms with E-state index in [4.69, 9.17) is 11.6 Å². The number of hydrogen-bond acceptors (Lipinski definition) is 3. The molecule has 2 rings (SSSR count). The molecule has 0 spiro atoms. The van der Waals surface area contributed by atoms with Gasteiger partial charge in [-0.1, -0.05) is 48.9 Å². The topological polar surface area (TPSA) is 46.9 Å². The Labute approximate surface area is 129 Å². The fraction of sp³-hybridized carbons (Fsp3) is 0.375. The van der Waals surface area contributed by atoms with Crippen LogP contribution in [0.1, 0.15) is 44.8 Å². The van der Waals surface area contributed by atoms with Gasteiger partial charge in [0.25, 0.3) is 5.56 Å². The Hall–Kier alpha value is -1.81. The summed E-state index contributed by atoms with van der Waals surface area (Å²) in [6.07, 6.45) is 2.50. The van der Waals surface area contributed by atoms with E-state index in [2.05, 4.69) is 29.5 Å². The van der Waals surface area contributed by atoms with Crippen molar-refractivity contribution in [3.63, 3.8) is 0 Å². The number of rotatable bonds is 5. The first-order chi connectivity index (χ1) is 10.0. The molecule has 0 radical (unpaired) electrons. The van der Waals surface area contributed by atoms with Crippen LogP contribution in [0.3, 0.4) is 0 Å². The zero-order chi connectivity index (χ0) is 15.4. The Balaban J connectivity index is 2.31. The number of aromatic nitrogens is 2. The maximum Gasteiger partial charge on any atom is 0.287 e. The molecule has 0 fully saturated rings. The summed E-state index contributed by atoms with van der Waals surface area (Å²) in [7, 11) is 0. The highest BCUT2D eigenvalue weighted by Gasteiger charge is 2.15. The smallest absolute Gasteiger partial charge is 0.287 e. The minimum atomic E-state index is -0.264. The van der Waals surface area contributed by atoms with Gasteiger partial charge in [0.15, 0.2) is 0 Å². The minimum Gasteiger partial charge on any atom is -0.376 e. The third-order valence-corrected chi connectivity index (χ3v) is 3.74. The number of hydrogen-bond donors (Lipinski definition) is 1. The summed E-state index contributed by atoms with van der Waals surface area (Å²) < 4.78 is 1.39. The van der Waals surface area contributed by atoms with Crippen molar-refractivity contribution in [3.8, 4) is 0 Å². The summed E-state index contributed by atoms with van der Waals surface area (Å²) in [5.74, 6) is 0. The zero-order valence-electron chi connectivity index (χ0n) is 12.5. The lowest BCUT2D eigenvalue weighted by molar-refractivity contribution is 0.503. The maximum absolute atomic E-state index is 12.2. The van der Waals surface area contributed by atoms with Gasteiger partial charge in [-0.05, 0) is 25.8 Å². The van der Waals surface area contributed by atoms with E-state index in [-0.39, 0.29) is 22.7 Å². The average Bonchev–Trinajstić information content (AvgIpc) is 2.49. The van der Waals surface area contributed by atoms with Crippen LogP contribution >= 0.6 is 11.6 Å². The lowest BCUT2D eigenvalue weighted by Gasteiger charge is -2.20. The normalized spacial score (nSPS) is 12.4. The van der Waals surface area contributed by atoms with Gasteiger partial charge < -0.3 is 5.32 Å². The van der Waals surface area contributed by atoms with Crippen molar-refractivity contribution in [2.24, 2.45) is 0 Å². The summed E-state index contributed by atoms with van der Waals surface area (Å²) in [6, 6.07) is 10.2. The highest BCUT2D eigenvalue weighted by atomic mass is 35.5. The molecule has 2 aromatic rings. The van der Waals surface area contributed by atoms with Crippen LogP contribution in [0.25, 0.3) is 0 Å². The molecule has 0 amide bonds. The van der Waals surface area contributed by atoms with E-state index in [0.29, 0.717) is 5.69 Å². The first-order valence-electron chi connectivity index (χ1n) is 7.13. The van der Waals surface area contributed by atoms with Crippen LogP contribution in [0.2, 0.25) is 5.02 Å². The largest absolute Gasteiger partial charge is 0.376 e. The van der Waals surface area contributed by atoms with Gasteiger partial charge in [-0.15, -0.1) is 0 Å². The Kier molecular flexibility index (Phi) is 5.02. The van der Waals surface area contributed by atoms with Crippen LogP contribution in [0.4, 0.5) is 5.69 Å². The van der Waals surface area contributed by atoms with Gasteiger partial charge >= 0.3 is 0 Å². The van der Waals surface area contributed by atoms with E-state index in [9.17, 15) is 4.79 Å². The van der Waals surface area contributed by atoms with Gasteiger partial charge in [-0.3, -0.25) is 4.79 Å². The predicted molar refractivity (Wildman–Crippen MR) is 87.0 cm³/mol. The third-order valence-electron chi connectivity index (χ3n) is 3.37. The lowest BCUT2D eigenvalue weighted by Crippen LogP contribution is -2.26. The number of anilines is 1. The molecule has 0 aliphatic rings. The van der Waals surface area contributed by atoms with Gasteiger partial charge in [0.05, 0.1) is 24.0 Å². The molecular weight excluding hydrogens is 286 g/mol. The SMILES string of the molecule is CCC(Nc1cnn(C(C)C)c(=O)c1Cl)c1ccccc1. The van der Waals surface area contributed by atoms with E-state index in [1.807, 2.05) is 32.0 Å². The fourth-order valence-electron chi connectivity index (χ4n) is 2.21. The second-order valence-electron chi connectivity index (χ2n) is 5.23. The summed E-state index contributed by atoms with van der Waals surface area (Å²) in [4.78, 5) is 12.2. The molecule has 4 nitrogen and oxygen atoms in total. The summed E-state index contributed by atoms with van der Waals surface area (Å²) in [5, 5.41) is 7.68. The molecule has 1 aromatic heterocycles. The molecule has 1 heterocycles. The van der Waals surface area contributed by atoms with Crippen LogP contribution in [0.5, 0.6) is 0 Å². The monoisotopic (exact) mass is 305 g/mol. The molecule has 1 aromatic carbocycles. The molecule has 0 saturated carbocycles. The molecule has 0 saturated heterocycles. The molecule has 5 heteroatoms. The quantitative estimate of drug-likeness (QED) is 0.907. The zero-order valence-corrected chi connectivity index (χ0v) is 13.3. The van der Waals surface area contributed by atoms with Gasteiger partial charge in [0.2, 0.25) is 0 Å². The molecule has 112 valence electrons. The van der Waals surface area contributed by atoms with E-state index in [0.717, 1.165) is 12.0 Å². The van der Waals surface area contributed by atoms with Gasteiger partial charge in [0.1, 0.15) is 5.02 Å². The van der Waals surface area contributed by atoms with Crippen LogP contribution < -0.4 is 10.9 Å². The van der Waals surface area contributed by atoms with Gasteiger partial charge in [-0.25, -0.2) is 4.68 Å². The number of nitrogens with one attached hydrogen (secondary N) is 1. The molecular formula is C16H20ClN3O. The maximum atomic E-state index is 12.2. The van der Waals surface area contributed by atoms with Crippen LogP contribution in [-0.4, -0.2) is 9.78 Å². The molecule has 21 heavy (non-hydrogen) atoms. The standard InChI is InChI=1S/C16H20ClN3O/c1-4-13(12-8-6-5-7-9-12)19-14-10-18-20(11(2)3)16(21)15(14)17/h5-11,13,19H,4H2,1-3H3. The van der Waals surface area contributed by atoms with Gasteiger partial charge in [-0.2, -0.15) is 5.10 Å². The van der Waals surface area contributed by atoms with Crippen molar-refractivity contribution in [2.45, 2.75) is 39.3 Å². The van der Waals surface area contributed by atoms with Crippen LogP contribution in [0, 0.1) is 0 Å².